The summed E-state index contributed by atoms with van der Waals surface area (Å²) < 4.78 is 37.0. The van der Waals surface area contributed by atoms with E-state index in [1.54, 1.807) is 0 Å². The summed E-state index contributed by atoms with van der Waals surface area (Å²) in [6, 6.07) is 0. The molecule has 2 fully saturated rings. The van der Waals surface area contributed by atoms with Gasteiger partial charge in [0.05, 0.1) is 65.7 Å². The lowest BCUT2D eigenvalue weighted by Gasteiger charge is -2.09. The first kappa shape index (κ1) is 38.3. The molecule has 2 saturated carbocycles. The molecule has 2 amide bonds. The van der Waals surface area contributed by atoms with Crippen LogP contribution in [0.15, 0.2) is 0 Å². The molecule has 0 spiro atoms. The van der Waals surface area contributed by atoms with Gasteiger partial charge in [0.2, 0.25) is 0 Å². The smallest absolute Gasteiger partial charge is 0.407 e. The molecule has 13 nitrogen and oxygen atoms in total. The highest BCUT2D eigenvalue weighted by molar-refractivity contribution is 5.72. The summed E-state index contributed by atoms with van der Waals surface area (Å²) in [6.45, 7) is 3.16. The van der Waals surface area contributed by atoms with Crippen LogP contribution >= 0.6 is 0 Å². The molecule has 4 rings (SSSR count). The lowest BCUT2D eigenvalue weighted by Crippen LogP contribution is -2.28. The number of fused-ring (bicyclic) bond motifs is 2. The molecule has 0 unspecified atom stereocenters. The fraction of sp³-hybridized carbons (Fsp3) is 0.778. The van der Waals surface area contributed by atoms with Gasteiger partial charge in [-0.1, -0.05) is 0 Å². The van der Waals surface area contributed by atoms with Crippen LogP contribution in [-0.4, -0.2) is 103 Å². The molecule has 49 heavy (non-hydrogen) atoms. The Balaban J connectivity index is 0.833. The molecule has 272 valence electrons. The summed E-state index contributed by atoms with van der Waals surface area (Å²) in [5.41, 5.74) is 0. The Morgan fingerprint density at radius 2 is 0.796 bits per heavy atom. The molecule has 0 radical (unpaired) electrons. The summed E-state index contributed by atoms with van der Waals surface area (Å²) in [4.78, 5) is 47.6. The molecular formula is C36H52N2O11. The van der Waals surface area contributed by atoms with E-state index in [9.17, 15) is 19.2 Å². The Morgan fingerprint density at radius 1 is 0.469 bits per heavy atom. The topological polar surface area (TPSA) is 157 Å². The van der Waals surface area contributed by atoms with E-state index in [1.807, 2.05) is 0 Å². The second-order valence-corrected chi connectivity index (χ2v) is 12.7. The van der Waals surface area contributed by atoms with Crippen LogP contribution in [0.1, 0.15) is 64.2 Å². The Hall–Kier alpha value is -3.52. The van der Waals surface area contributed by atoms with Gasteiger partial charge in [-0.3, -0.25) is 9.59 Å². The van der Waals surface area contributed by atoms with Gasteiger partial charge in [-0.15, -0.1) is 23.7 Å². The third-order valence-corrected chi connectivity index (χ3v) is 9.41. The van der Waals surface area contributed by atoms with Crippen molar-refractivity contribution in [1.29, 1.82) is 0 Å². The van der Waals surface area contributed by atoms with Crippen LogP contribution < -0.4 is 10.6 Å². The molecule has 0 aromatic heterocycles. The first-order chi connectivity index (χ1) is 24.0. The Labute approximate surface area is 289 Å². The largest absolute Gasteiger partial charge is 0.463 e. The number of alkyl carbamates (subject to hydrolysis) is 2. The van der Waals surface area contributed by atoms with E-state index in [0.717, 1.165) is 51.4 Å². The number of nitrogens with one attached hydrogen (secondary N) is 2. The normalized spacial score (nSPS) is 24.6. The quantitative estimate of drug-likeness (QED) is 0.0745. The maximum atomic E-state index is 11.9. The maximum absolute atomic E-state index is 11.9. The number of esters is 2. The molecule has 13 heteroatoms. The molecular weight excluding hydrogens is 636 g/mol. The fourth-order valence-corrected chi connectivity index (χ4v) is 6.66. The zero-order valence-corrected chi connectivity index (χ0v) is 28.5. The molecule has 0 aromatic carbocycles. The number of rotatable bonds is 22. The summed E-state index contributed by atoms with van der Waals surface area (Å²) in [7, 11) is 0. The minimum atomic E-state index is -0.511. The molecule has 0 aliphatic heterocycles. The van der Waals surface area contributed by atoms with Crippen molar-refractivity contribution in [3.63, 3.8) is 0 Å². The van der Waals surface area contributed by atoms with Gasteiger partial charge >= 0.3 is 24.1 Å². The van der Waals surface area contributed by atoms with Gasteiger partial charge in [-0.25, -0.2) is 9.59 Å². The summed E-state index contributed by atoms with van der Waals surface area (Å²) in [6.07, 6.45) is 7.08. The fourth-order valence-electron chi connectivity index (χ4n) is 6.66. The van der Waals surface area contributed by atoms with Crippen molar-refractivity contribution in [1.82, 2.24) is 10.6 Å². The Bertz CT molecular complexity index is 1060. The number of amides is 2. The Kier molecular flexibility index (Phi) is 17.4. The molecule has 0 aromatic rings. The molecule has 0 bridgehead atoms. The van der Waals surface area contributed by atoms with Crippen molar-refractivity contribution < 1.29 is 52.3 Å². The number of carbonyl (C=O) groups excluding carboxylic acids is 4. The second kappa shape index (κ2) is 22.2. The van der Waals surface area contributed by atoms with Crippen molar-refractivity contribution in [3.8, 4) is 23.7 Å². The highest BCUT2D eigenvalue weighted by Gasteiger charge is 2.50. The van der Waals surface area contributed by atoms with Crippen LogP contribution in [-0.2, 0) is 42.7 Å². The molecule has 0 heterocycles. The third-order valence-electron chi connectivity index (χ3n) is 9.41. The zero-order valence-electron chi connectivity index (χ0n) is 28.5. The third kappa shape index (κ3) is 15.3. The summed E-state index contributed by atoms with van der Waals surface area (Å²) in [5.74, 6) is 15.1. The summed E-state index contributed by atoms with van der Waals surface area (Å²) >= 11 is 0. The molecule has 4 aliphatic rings. The van der Waals surface area contributed by atoms with Crippen LogP contribution in [0.4, 0.5) is 9.59 Å². The SMILES string of the molecule is O=C(CCNC(=O)OC[C@@H]1[C@@H]2CCC#CCC[C@@H]21)OCCOCCOCCOCCOC(=O)CCNC(=O)OC[C@@H]1[C@@H]2CCC#CCC[C@@H]21. The van der Waals surface area contributed by atoms with Crippen LogP contribution in [0.25, 0.3) is 0 Å². The minimum Gasteiger partial charge on any atom is -0.463 e. The average molecular weight is 689 g/mol. The summed E-state index contributed by atoms with van der Waals surface area (Å²) in [5, 5.41) is 5.19. The van der Waals surface area contributed by atoms with E-state index >= 15 is 0 Å². The van der Waals surface area contributed by atoms with Gasteiger partial charge < -0.3 is 43.8 Å². The van der Waals surface area contributed by atoms with Crippen molar-refractivity contribution in [2.75, 3.05) is 79.2 Å². The van der Waals surface area contributed by atoms with Crippen molar-refractivity contribution in [2.45, 2.75) is 64.2 Å². The number of hydrogen-bond donors (Lipinski definition) is 2. The van der Waals surface area contributed by atoms with Gasteiger partial charge in [-0.2, -0.15) is 0 Å². The second-order valence-electron chi connectivity index (χ2n) is 12.7. The van der Waals surface area contributed by atoms with E-state index in [-0.39, 0.29) is 52.4 Å². The number of ether oxygens (including phenoxy) is 7. The van der Waals surface area contributed by atoms with E-state index in [1.165, 1.54) is 0 Å². The monoisotopic (exact) mass is 688 g/mol. The molecule has 4 aliphatic carbocycles. The van der Waals surface area contributed by atoms with E-state index in [0.29, 0.717) is 75.1 Å². The minimum absolute atomic E-state index is 0.0508. The predicted octanol–water partition coefficient (Wildman–Crippen LogP) is 3.23. The number of carbonyl (C=O) groups is 4. The van der Waals surface area contributed by atoms with Crippen LogP contribution in [0.5, 0.6) is 0 Å². The predicted molar refractivity (Wildman–Crippen MR) is 176 cm³/mol. The standard InChI is InChI=1S/C36H52N2O11/c39-33(13-15-37-35(41)48-25-31-27-9-5-1-2-6-10-28(27)31)46-23-21-44-19-17-43-18-20-45-22-24-47-34(40)14-16-38-36(42)49-26-32-29-11-7-3-4-8-12-30(29)32/h27-32H,5-26H2,(H,37,41)(H,38,42)/t27-,28+,29-,30+,31-,32-. The first-order valence-electron chi connectivity index (χ1n) is 17.8. The highest BCUT2D eigenvalue weighted by Crippen LogP contribution is 2.53. The van der Waals surface area contributed by atoms with Crippen LogP contribution in [0.3, 0.4) is 0 Å². The maximum Gasteiger partial charge on any atom is 0.407 e. The average Bonchev–Trinajstić information content (AvgIpc) is 3.93. The van der Waals surface area contributed by atoms with Crippen molar-refractivity contribution in [3.05, 3.63) is 0 Å². The van der Waals surface area contributed by atoms with Gasteiger partial charge in [0.15, 0.2) is 0 Å². The van der Waals surface area contributed by atoms with Crippen molar-refractivity contribution in [2.24, 2.45) is 35.5 Å². The van der Waals surface area contributed by atoms with Crippen LogP contribution in [0, 0.1) is 59.2 Å². The zero-order chi connectivity index (χ0) is 34.5. The highest BCUT2D eigenvalue weighted by atomic mass is 16.6. The van der Waals surface area contributed by atoms with Gasteiger partial charge in [0, 0.05) is 38.8 Å². The van der Waals surface area contributed by atoms with Gasteiger partial charge in [-0.05, 0) is 61.2 Å². The van der Waals surface area contributed by atoms with Crippen molar-refractivity contribution >= 4 is 24.1 Å². The number of hydrogen-bond acceptors (Lipinski definition) is 11. The lowest BCUT2D eigenvalue weighted by molar-refractivity contribution is -0.145. The van der Waals surface area contributed by atoms with E-state index < -0.39 is 24.1 Å². The van der Waals surface area contributed by atoms with Gasteiger partial charge in [0.1, 0.15) is 13.2 Å². The molecule has 6 atom stereocenters. The molecule has 2 N–H and O–H groups in total. The van der Waals surface area contributed by atoms with Crippen LogP contribution in [0.2, 0.25) is 0 Å². The lowest BCUT2D eigenvalue weighted by atomic mass is 10.1. The first-order valence-corrected chi connectivity index (χ1v) is 17.8. The van der Waals surface area contributed by atoms with E-state index in [2.05, 4.69) is 34.3 Å². The van der Waals surface area contributed by atoms with Gasteiger partial charge in [0.25, 0.3) is 0 Å². The molecule has 0 saturated heterocycles. The van der Waals surface area contributed by atoms with E-state index in [4.69, 9.17) is 33.2 Å². The Morgan fingerprint density at radius 3 is 1.14 bits per heavy atom.